The Labute approximate surface area is 168 Å². The highest BCUT2D eigenvalue weighted by Crippen LogP contribution is 2.42. The van der Waals surface area contributed by atoms with E-state index in [4.69, 9.17) is 5.41 Å². The van der Waals surface area contributed by atoms with Crippen molar-refractivity contribution in [1.82, 2.24) is 14.8 Å². The van der Waals surface area contributed by atoms with Gasteiger partial charge in [-0.1, -0.05) is 29.8 Å². The average Bonchev–Trinajstić information content (AvgIpc) is 3.13. The maximum absolute atomic E-state index is 13.5. The van der Waals surface area contributed by atoms with Crippen LogP contribution >= 0.6 is 0 Å². The van der Waals surface area contributed by atoms with Crippen LogP contribution in [0.5, 0.6) is 0 Å². The number of carbonyl (C=O) groups excluding carboxylic acids is 1. The van der Waals surface area contributed by atoms with Gasteiger partial charge in [-0.2, -0.15) is 0 Å². The molecular weight excluding hydrogens is 370 g/mol. The van der Waals surface area contributed by atoms with Gasteiger partial charge >= 0.3 is 0 Å². The normalized spacial score (nSPS) is 21.6. The molecule has 1 saturated heterocycles. The predicted molar refractivity (Wildman–Crippen MR) is 108 cm³/mol. The SMILES string of the molecule is Cc1ccc(C2C([N+](=O)[O-])=C3NCCCN3C(=N)C2C(=O)c2cccn2C)cc1. The molecule has 2 aliphatic heterocycles. The minimum absolute atomic E-state index is 0.0443. The Kier molecular flexibility index (Phi) is 4.70. The number of fused-ring (bicyclic) bond motifs is 1. The van der Waals surface area contributed by atoms with E-state index in [9.17, 15) is 14.9 Å². The minimum Gasteiger partial charge on any atom is -0.366 e. The largest absolute Gasteiger partial charge is 0.366 e. The van der Waals surface area contributed by atoms with E-state index in [2.05, 4.69) is 5.32 Å². The van der Waals surface area contributed by atoms with Crippen molar-refractivity contribution >= 4 is 11.6 Å². The van der Waals surface area contributed by atoms with Crippen LogP contribution in [0.1, 0.15) is 34.0 Å². The molecule has 0 spiro atoms. The molecule has 4 rings (SSSR count). The number of carbonyl (C=O) groups is 1. The molecule has 1 aromatic carbocycles. The number of benzene rings is 1. The first-order valence-corrected chi connectivity index (χ1v) is 9.60. The van der Waals surface area contributed by atoms with Gasteiger partial charge in [0, 0.05) is 26.3 Å². The highest BCUT2D eigenvalue weighted by Gasteiger charge is 2.51. The summed E-state index contributed by atoms with van der Waals surface area (Å²) in [6.45, 7) is 3.03. The maximum atomic E-state index is 13.5. The van der Waals surface area contributed by atoms with Crippen molar-refractivity contribution in [3.05, 3.63) is 81.0 Å². The molecule has 2 aromatic rings. The van der Waals surface area contributed by atoms with Crippen LogP contribution in [0.3, 0.4) is 0 Å². The average molecular weight is 393 g/mol. The van der Waals surface area contributed by atoms with E-state index in [1.807, 2.05) is 31.2 Å². The first kappa shape index (κ1) is 18.9. The van der Waals surface area contributed by atoms with E-state index >= 15 is 0 Å². The number of allylic oxidation sites excluding steroid dienone is 1. The second-order valence-electron chi connectivity index (χ2n) is 7.54. The fourth-order valence-corrected chi connectivity index (χ4v) is 4.23. The molecule has 1 fully saturated rings. The quantitative estimate of drug-likeness (QED) is 0.472. The molecule has 0 amide bonds. The number of nitrogens with one attached hydrogen (secondary N) is 2. The van der Waals surface area contributed by atoms with E-state index in [1.165, 1.54) is 0 Å². The highest BCUT2D eigenvalue weighted by molar-refractivity contribution is 6.12. The van der Waals surface area contributed by atoms with Crippen LogP contribution in [0, 0.1) is 28.4 Å². The summed E-state index contributed by atoms with van der Waals surface area (Å²) in [5.41, 5.74) is 2.09. The van der Waals surface area contributed by atoms with Crippen LogP contribution in [-0.4, -0.2) is 39.1 Å². The number of ketones is 1. The van der Waals surface area contributed by atoms with E-state index in [-0.39, 0.29) is 17.3 Å². The zero-order valence-corrected chi connectivity index (χ0v) is 16.4. The topological polar surface area (TPSA) is 104 Å². The van der Waals surface area contributed by atoms with Gasteiger partial charge in [-0.15, -0.1) is 0 Å². The summed E-state index contributed by atoms with van der Waals surface area (Å²) in [4.78, 5) is 26.9. The zero-order chi connectivity index (χ0) is 20.7. The molecule has 0 aliphatic carbocycles. The second kappa shape index (κ2) is 7.20. The Hall–Kier alpha value is -3.42. The van der Waals surface area contributed by atoms with E-state index in [0.29, 0.717) is 30.2 Å². The van der Waals surface area contributed by atoms with Gasteiger partial charge in [0.25, 0.3) is 5.70 Å². The number of rotatable bonds is 4. The lowest BCUT2D eigenvalue weighted by Gasteiger charge is -2.41. The summed E-state index contributed by atoms with van der Waals surface area (Å²) >= 11 is 0. The highest BCUT2D eigenvalue weighted by atomic mass is 16.6. The lowest BCUT2D eigenvalue weighted by atomic mass is 9.76. The first-order valence-electron chi connectivity index (χ1n) is 9.60. The van der Waals surface area contributed by atoms with Crippen molar-refractivity contribution in [2.45, 2.75) is 19.3 Å². The lowest BCUT2D eigenvalue weighted by Crippen LogP contribution is -2.54. The molecule has 2 unspecified atom stereocenters. The summed E-state index contributed by atoms with van der Waals surface area (Å²) in [5, 5.41) is 24.1. The summed E-state index contributed by atoms with van der Waals surface area (Å²) in [5.74, 6) is -1.63. The van der Waals surface area contributed by atoms with Crippen LogP contribution < -0.4 is 5.32 Å². The monoisotopic (exact) mass is 393 g/mol. The van der Waals surface area contributed by atoms with Crippen LogP contribution in [0.25, 0.3) is 0 Å². The standard InChI is InChI=1S/C21H23N5O3/c1-13-6-8-14(9-7-13)16-17(19(27)15-5-3-11-24(15)2)20(22)25-12-4-10-23-21(25)18(16)26(28)29/h3,5-9,11,16-17,22-23H,4,10,12H2,1-2H3. The molecule has 29 heavy (non-hydrogen) atoms. The van der Waals surface area contributed by atoms with Gasteiger partial charge in [0.2, 0.25) is 0 Å². The predicted octanol–water partition coefficient (Wildman–Crippen LogP) is 2.65. The second-order valence-corrected chi connectivity index (χ2v) is 7.54. The number of nitro groups is 1. The molecule has 0 radical (unpaired) electrons. The number of hydrogen-bond acceptors (Lipinski definition) is 5. The molecular formula is C21H23N5O3. The van der Waals surface area contributed by atoms with Crippen LogP contribution in [-0.2, 0) is 7.05 Å². The number of nitrogens with zero attached hydrogens (tertiary/aromatic N) is 3. The first-order chi connectivity index (χ1) is 13.9. The molecule has 0 saturated carbocycles. The molecule has 150 valence electrons. The Balaban J connectivity index is 1.93. The molecule has 3 heterocycles. The fourth-order valence-electron chi connectivity index (χ4n) is 4.23. The van der Waals surface area contributed by atoms with Gasteiger partial charge in [-0.05, 0) is 31.0 Å². The van der Waals surface area contributed by atoms with E-state index in [1.54, 1.807) is 34.8 Å². The van der Waals surface area contributed by atoms with Crippen molar-refractivity contribution in [2.75, 3.05) is 13.1 Å². The molecule has 8 heteroatoms. The lowest BCUT2D eigenvalue weighted by molar-refractivity contribution is -0.434. The van der Waals surface area contributed by atoms with Crippen LogP contribution in [0.15, 0.2) is 54.1 Å². The third kappa shape index (κ3) is 3.10. The Morgan fingerprint density at radius 3 is 2.62 bits per heavy atom. The Morgan fingerprint density at radius 2 is 2.00 bits per heavy atom. The number of aryl methyl sites for hydroxylation is 2. The van der Waals surface area contributed by atoms with Gasteiger partial charge in [-0.3, -0.25) is 20.3 Å². The van der Waals surface area contributed by atoms with Gasteiger partial charge < -0.3 is 14.8 Å². The minimum atomic E-state index is -0.963. The van der Waals surface area contributed by atoms with Crippen molar-refractivity contribution in [3.63, 3.8) is 0 Å². The van der Waals surface area contributed by atoms with Gasteiger partial charge in [0.05, 0.1) is 22.5 Å². The van der Waals surface area contributed by atoms with Crippen LogP contribution in [0.2, 0.25) is 0 Å². The summed E-state index contributed by atoms with van der Waals surface area (Å²) < 4.78 is 1.70. The smallest absolute Gasteiger partial charge is 0.294 e. The number of aromatic nitrogens is 1. The Morgan fingerprint density at radius 1 is 1.28 bits per heavy atom. The Bertz CT molecular complexity index is 1020. The number of amidine groups is 1. The van der Waals surface area contributed by atoms with Gasteiger partial charge in [0.1, 0.15) is 5.84 Å². The van der Waals surface area contributed by atoms with Gasteiger partial charge in [0.15, 0.2) is 11.6 Å². The maximum Gasteiger partial charge on any atom is 0.294 e. The molecule has 2 N–H and O–H groups in total. The molecule has 0 bridgehead atoms. The van der Waals surface area contributed by atoms with E-state index in [0.717, 1.165) is 12.0 Å². The molecule has 1 aromatic heterocycles. The van der Waals surface area contributed by atoms with Crippen molar-refractivity contribution < 1.29 is 9.72 Å². The fraction of sp³-hybridized carbons (Fsp3) is 0.333. The summed E-state index contributed by atoms with van der Waals surface area (Å²) in [6.07, 6.45) is 2.51. The molecule has 8 nitrogen and oxygen atoms in total. The third-order valence-corrected chi connectivity index (χ3v) is 5.69. The molecule has 2 aliphatic rings. The number of hydrogen-bond donors (Lipinski definition) is 2. The van der Waals surface area contributed by atoms with E-state index < -0.39 is 16.8 Å². The van der Waals surface area contributed by atoms with Crippen LogP contribution in [0.4, 0.5) is 0 Å². The van der Waals surface area contributed by atoms with Crippen molar-refractivity contribution in [3.8, 4) is 0 Å². The summed E-state index contributed by atoms with van der Waals surface area (Å²) in [7, 11) is 1.76. The summed E-state index contributed by atoms with van der Waals surface area (Å²) in [6, 6.07) is 10.9. The number of Topliss-reactive ketones (excluding diaryl/α,β-unsaturated/α-hetero) is 1. The zero-order valence-electron chi connectivity index (χ0n) is 16.4. The van der Waals surface area contributed by atoms with Gasteiger partial charge in [-0.25, -0.2) is 0 Å². The van der Waals surface area contributed by atoms with Crippen molar-refractivity contribution in [1.29, 1.82) is 5.41 Å². The van der Waals surface area contributed by atoms with Crippen molar-refractivity contribution in [2.24, 2.45) is 13.0 Å². The third-order valence-electron chi connectivity index (χ3n) is 5.69. The molecule has 2 atom stereocenters.